The van der Waals surface area contributed by atoms with Crippen LogP contribution in [0.1, 0.15) is 38.8 Å². The number of thioether (sulfide) groups is 1. The molecule has 6 rings (SSSR count). The van der Waals surface area contributed by atoms with Gasteiger partial charge < -0.3 is 4.74 Å². The van der Waals surface area contributed by atoms with E-state index in [1.165, 1.54) is 38.4 Å². The summed E-state index contributed by atoms with van der Waals surface area (Å²) in [5.74, 6) is 0.277. The molecule has 0 amide bonds. The van der Waals surface area contributed by atoms with E-state index in [2.05, 4.69) is 54.6 Å². The van der Waals surface area contributed by atoms with E-state index in [1.807, 2.05) is 66.3 Å². The lowest BCUT2D eigenvalue weighted by atomic mass is 9.98. The number of benzene rings is 4. The van der Waals surface area contributed by atoms with Crippen molar-refractivity contribution in [2.45, 2.75) is 30.2 Å². The Kier molecular flexibility index (Phi) is 8.17. The lowest BCUT2D eigenvalue weighted by Crippen LogP contribution is -2.31. The normalized spacial score (nSPS) is 11.2. The first-order valence-corrected chi connectivity index (χ1v) is 15.7. The molecule has 208 valence electrons. The van der Waals surface area contributed by atoms with Gasteiger partial charge in [-0.15, -0.1) is 23.1 Å². The summed E-state index contributed by atoms with van der Waals surface area (Å²) in [4.78, 5) is 27.4. The smallest absolute Gasteiger partial charge is 0.310 e. The summed E-state index contributed by atoms with van der Waals surface area (Å²) in [5.41, 5.74) is 4.55. The monoisotopic (exact) mass is 588 g/mol. The number of thiophene rings is 1. The minimum Gasteiger partial charge on any atom is -0.466 e. The first-order chi connectivity index (χ1) is 20.5. The Morgan fingerprint density at radius 2 is 1.43 bits per heavy atom. The Balaban J connectivity index is 1.51. The van der Waals surface area contributed by atoms with Crippen LogP contribution in [-0.2, 0) is 21.7 Å². The molecule has 0 radical (unpaired) electrons. The number of aryl methyl sites for hydroxylation is 1. The summed E-state index contributed by atoms with van der Waals surface area (Å²) in [6.07, 6.45) is 4.02. The molecule has 2 aromatic heterocycles. The lowest BCUT2D eigenvalue weighted by Gasteiger charge is -2.11. The number of pyridine rings is 1. The fraction of sp³-hybridized carbons (Fsp3) is 0.139. The van der Waals surface area contributed by atoms with Gasteiger partial charge in [-0.05, 0) is 52.6 Å². The van der Waals surface area contributed by atoms with E-state index in [-0.39, 0.29) is 24.8 Å². The van der Waals surface area contributed by atoms with Crippen molar-refractivity contribution < 1.29 is 18.9 Å². The second kappa shape index (κ2) is 12.3. The molecule has 0 fully saturated rings. The average Bonchev–Trinajstić information content (AvgIpc) is 3.37. The molecule has 0 N–H and O–H groups in total. The van der Waals surface area contributed by atoms with Crippen LogP contribution in [0.4, 0.5) is 0 Å². The standard InChI is InChI=1S/C36H30NO3S2/c1-3-40-32(38)22-30-33(37-19-17-24(2)18-20-37)36(42-35(30)34(39)25-11-5-4-6-12-25)41-23-31-28-15-9-7-13-26(28)21-27-14-8-10-16-29(27)31/h4-21H,3,22-23H2,1-2H3/q+1. The van der Waals surface area contributed by atoms with Crippen molar-refractivity contribution in [1.82, 2.24) is 0 Å². The van der Waals surface area contributed by atoms with Crippen molar-refractivity contribution in [3.63, 3.8) is 0 Å². The van der Waals surface area contributed by atoms with E-state index in [4.69, 9.17) is 4.74 Å². The van der Waals surface area contributed by atoms with Gasteiger partial charge in [-0.25, -0.2) is 0 Å². The molecule has 0 aliphatic heterocycles. The second-order valence-corrected chi connectivity index (χ2v) is 12.4. The van der Waals surface area contributed by atoms with Crippen molar-refractivity contribution in [3.05, 3.63) is 137 Å². The summed E-state index contributed by atoms with van der Waals surface area (Å²) in [6, 6.07) is 32.6. The molecule has 4 nitrogen and oxygen atoms in total. The van der Waals surface area contributed by atoms with Crippen molar-refractivity contribution in [2.75, 3.05) is 6.61 Å². The minimum absolute atomic E-state index is 0.0201. The fourth-order valence-electron chi connectivity index (χ4n) is 5.27. The number of carbonyl (C=O) groups excluding carboxylic acids is 2. The van der Waals surface area contributed by atoms with Gasteiger partial charge in [0.25, 0.3) is 0 Å². The van der Waals surface area contributed by atoms with Gasteiger partial charge in [0, 0.05) is 23.4 Å². The molecule has 6 aromatic rings. The van der Waals surface area contributed by atoms with Crippen LogP contribution in [0.25, 0.3) is 27.2 Å². The first-order valence-electron chi connectivity index (χ1n) is 13.9. The average molecular weight is 589 g/mol. The molecule has 0 saturated heterocycles. The number of rotatable bonds is 9. The van der Waals surface area contributed by atoms with Crippen LogP contribution in [0.2, 0.25) is 0 Å². The van der Waals surface area contributed by atoms with E-state index in [0.717, 1.165) is 15.5 Å². The molecule has 0 atom stereocenters. The number of ether oxygens (including phenoxy) is 1. The number of esters is 1. The van der Waals surface area contributed by atoms with Crippen LogP contribution in [0.3, 0.4) is 0 Å². The minimum atomic E-state index is -0.344. The van der Waals surface area contributed by atoms with Gasteiger partial charge in [0.2, 0.25) is 11.5 Å². The summed E-state index contributed by atoms with van der Waals surface area (Å²) >= 11 is 3.17. The van der Waals surface area contributed by atoms with Gasteiger partial charge in [-0.3, -0.25) is 9.59 Å². The molecular formula is C36H30NO3S2+. The predicted molar refractivity (Wildman–Crippen MR) is 172 cm³/mol. The number of hydrogen-bond donors (Lipinski definition) is 0. The Bertz CT molecular complexity index is 1860. The maximum Gasteiger partial charge on any atom is 0.310 e. The van der Waals surface area contributed by atoms with Gasteiger partial charge in [-0.1, -0.05) is 78.9 Å². The van der Waals surface area contributed by atoms with Crippen LogP contribution < -0.4 is 4.57 Å². The largest absolute Gasteiger partial charge is 0.466 e. The maximum absolute atomic E-state index is 13.9. The number of hydrogen-bond acceptors (Lipinski definition) is 5. The van der Waals surface area contributed by atoms with Crippen LogP contribution in [0.15, 0.2) is 114 Å². The van der Waals surface area contributed by atoms with E-state index < -0.39 is 0 Å². The Labute approximate surface area is 253 Å². The molecule has 0 saturated carbocycles. The van der Waals surface area contributed by atoms with Crippen LogP contribution >= 0.6 is 23.1 Å². The van der Waals surface area contributed by atoms with Crippen LogP contribution in [-0.4, -0.2) is 18.4 Å². The zero-order valence-corrected chi connectivity index (χ0v) is 25.1. The Morgan fingerprint density at radius 3 is 2.07 bits per heavy atom. The molecule has 4 aromatic carbocycles. The third-order valence-electron chi connectivity index (χ3n) is 7.30. The van der Waals surface area contributed by atoms with Crippen LogP contribution in [0, 0.1) is 6.92 Å². The summed E-state index contributed by atoms with van der Waals surface area (Å²) in [7, 11) is 0. The number of nitrogens with zero attached hydrogens (tertiary/aromatic N) is 1. The highest BCUT2D eigenvalue weighted by atomic mass is 32.2. The van der Waals surface area contributed by atoms with E-state index in [9.17, 15) is 9.59 Å². The highest BCUT2D eigenvalue weighted by molar-refractivity contribution is 8.00. The second-order valence-electron chi connectivity index (χ2n) is 10.1. The first kappa shape index (κ1) is 27.9. The van der Waals surface area contributed by atoms with Gasteiger partial charge in [-0.2, -0.15) is 4.57 Å². The van der Waals surface area contributed by atoms with E-state index >= 15 is 0 Å². The fourth-order valence-corrected chi connectivity index (χ4v) is 7.90. The molecule has 0 unspecified atom stereocenters. The molecule has 42 heavy (non-hydrogen) atoms. The topological polar surface area (TPSA) is 47.3 Å². The molecule has 0 spiro atoms. The maximum atomic E-state index is 13.9. The molecule has 0 aliphatic rings. The molecule has 0 bridgehead atoms. The molecule has 0 aliphatic carbocycles. The van der Waals surface area contributed by atoms with Crippen molar-refractivity contribution in [3.8, 4) is 5.69 Å². The molecule has 2 heterocycles. The molecular weight excluding hydrogens is 559 g/mol. The van der Waals surface area contributed by atoms with Crippen molar-refractivity contribution in [1.29, 1.82) is 0 Å². The predicted octanol–water partition coefficient (Wildman–Crippen LogP) is 8.27. The van der Waals surface area contributed by atoms with Crippen molar-refractivity contribution in [2.24, 2.45) is 0 Å². The summed E-state index contributed by atoms with van der Waals surface area (Å²) in [5, 5.41) is 4.84. The van der Waals surface area contributed by atoms with E-state index in [0.29, 0.717) is 21.8 Å². The zero-order chi connectivity index (χ0) is 29.1. The zero-order valence-electron chi connectivity index (χ0n) is 23.5. The highest BCUT2D eigenvalue weighted by Gasteiger charge is 2.32. The number of aromatic nitrogens is 1. The third-order valence-corrected chi connectivity index (χ3v) is 9.81. The van der Waals surface area contributed by atoms with Crippen molar-refractivity contribution >= 4 is 56.4 Å². The van der Waals surface area contributed by atoms with Crippen LogP contribution in [0.5, 0.6) is 0 Å². The number of ketones is 1. The quantitative estimate of drug-likeness (QED) is 0.0561. The number of fused-ring (bicyclic) bond motifs is 2. The Hall–Kier alpha value is -4.26. The number of carbonyl (C=O) groups is 2. The van der Waals surface area contributed by atoms with Gasteiger partial charge in [0.05, 0.1) is 23.5 Å². The summed E-state index contributed by atoms with van der Waals surface area (Å²) in [6.45, 7) is 4.13. The van der Waals surface area contributed by atoms with Gasteiger partial charge in [0.1, 0.15) is 4.21 Å². The van der Waals surface area contributed by atoms with Gasteiger partial charge >= 0.3 is 5.97 Å². The van der Waals surface area contributed by atoms with Gasteiger partial charge in [0.15, 0.2) is 12.4 Å². The van der Waals surface area contributed by atoms with E-state index in [1.54, 1.807) is 18.7 Å². The SMILES string of the molecule is CCOC(=O)Cc1c(C(=O)c2ccccc2)sc(SCc2c3ccccc3cc3ccccc23)c1-[n+]1ccc(C)cc1. The molecule has 6 heteroatoms. The summed E-state index contributed by atoms with van der Waals surface area (Å²) < 4.78 is 8.39. The lowest BCUT2D eigenvalue weighted by molar-refractivity contribution is -0.598. The Morgan fingerprint density at radius 1 is 0.810 bits per heavy atom. The third kappa shape index (κ3) is 5.60. The highest BCUT2D eigenvalue weighted by Crippen LogP contribution is 2.41.